The van der Waals surface area contributed by atoms with Gasteiger partial charge >= 0.3 is 11.9 Å². The van der Waals surface area contributed by atoms with E-state index in [1.165, 1.54) is 19.2 Å². The van der Waals surface area contributed by atoms with Crippen molar-refractivity contribution < 1.29 is 29.0 Å². The minimum Gasteiger partial charge on any atom is -0.507 e. The highest BCUT2D eigenvalue weighted by atomic mass is 16.5. The number of aromatic hydroxyl groups is 1. The SMILES string of the molecule is COC(=O)c1ccc(CNC(=O)COC(=O)c2ccc(C)cc2O)cc1. The van der Waals surface area contributed by atoms with Gasteiger partial charge in [0.05, 0.1) is 12.7 Å². The molecule has 0 aliphatic carbocycles. The van der Waals surface area contributed by atoms with Crippen LogP contribution in [0.2, 0.25) is 0 Å². The van der Waals surface area contributed by atoms with Crippen LogP contribution in [0.25, 0.3) is 0 Å². The molecule has 0 heterocycles. The zero-order chi connectivity index (χ0) is 19.1. The first-order valence-electron chi connectivity index (χ1n) is 7.81. The van der Waals surface area contributed by atoms with Gasteiger partial charge in [-0.2, -0.15) is 0 Å². The Balaban J connectivity index is 1.81. The van der Waals surface area contributed by atoms with Crippen molar-refractivity contribution in [3.8, 4) is 5.75 Å². The van der Waals surface area contributed by atoms with Crippen molar-refractivity contribution in [2.75, 3.05) is 13.7 Å². The predicted octanol–water partition coefficient (Wildman–Crippen LogP) is 1.96. The number of phenolic OH excluding ortho intramolecular Hbond substituents is 1. The van der Waals surface area contributed by atoms with Crippen LogP contribution in [0.1, 0.15) is 31.8 Å². The Kier molecular flexibility index (Phi) is 6.32. The lowest BCUT2D eigenvalue weighted by molar-refractivity contribution is -0.124. The summed E-state index contributed by atoms with van der Waals surface area (Å²) in [5.41, 5.74) is 1.99. The number of nitrogens with one attached hydrogen (secondary N) is 1. The van der Waals surface area contributed by atoms with Gasteiger partial charge in [0.25, 0.3) is 5.91 Å². The number of esters is 2. The summed E-state index contributed by atoms with van der Waals surface area (Å²) in [4.78, 5) is 35.0. The molecule has 26 heavy (non-hydrogen) atoms. The van der Waals surface area contributed by atoms with E-state index < -0.39 is 24.5 Å². The lowest BCUT2D eigenvalue weighted by atomic mass is 10.1. The molecule has 7 nitrogen and oxygen atoms in total. The van der Waals surface area contributed by atoms with E-state index >= 15 is 0 Å². The zero-order valence-electron chi connectivity index (χ0n) is 14.4. The Labute approximate surface area is 150 Å². The van der Waals surface area contributed by atoms with E-state index in [1.807, 2.05) is 0 Å². The van der Waals surface area contributed by atoms with Gasteiger partial charge in [-0.15, -0.1) is 0 Å². The molecule has 0 fully saturated rings. The Morgan fingerprint density at radius 1 is 1.04 bits per heavy atom. The smallest absolute Gasteiger partial charge is 0.342 e. The number of methoxy groups -OCH3 is 1. The third-order valence-corrected chi connectivity index (χ3v) is 3.57. The van der Waals surface area contributed by atoms with E-state index in [4.69, 9.17) is 4.74 Å². The van der Waals surface area contributed by atoms with Crippen LogP contribution in [0, 0.1) is 6.92 Å². The molecule has 0 saturated heterocycles. The summed E-state index contributed by atoms with van der Waals surface area (Å²) in [7, 11) is 1.30. The molecule has 136 valence electrons. The number of carbonyl (C=O) groups excluding carboxylic acids is 3. The van der Waals surface area contributed by atoms with Gasteiger partial charge in [0, 0.05) is 6.54 Å². The van der Waals surface area contributed by atoms with Gasteiger partial charge in [-0.3, -0.25) is 4.79 Å². The third kappa shape index (κ3) is 5.07. The van der Waals surface area contributed by atoms with E-state index in [0.717, 1.165) is 11.1 Å². The lowest BCUT2D eigenvalue weighted by Gasteiger charge is -2.08. The van der Waals surface area contributed by atoms with Crippen molar-refractivity contribution in [2.45, 2.75) is 13.5 Å². The number of benzene rings is 2. The molecule has 7 heteroatoms. The number of carbonyl (C=O) groups is 3. The normalized spacial score (nSPS) is 10.1. The molecule has 0 radical (unpaired) electrons. The fourth-order valence-electron chi connectivity index (χ4n) is 2.15. The van der Waals surface area contributed by atoms with E-state index in [9.17, 15) is 19.5 Å². The monoisotopic (exact) mass is 357 g/mol. The fourth-order valence-corrected chi connectivity index (χ4v) is 2.15. The summed E-state index contributed by atoms with van der Waals surface area (Å²) in [5.74, 6) is -1.89. The third-order valence-electron chi connectivity index (χ3n) is 3.57. The molecule has 2 aromatic rings. The second-order valence-corrected chi connectivity index (χ2v) is 5.56. The molecular weight excluding hydrogens is 338 g/mol. The molecule has 2 rings (SSSR count). The van der Waals surface area contributed by atoms with Crippen LogP contribution in [0.5, 0.6) is 5.75 Å². The van der Waals surface area contributed by atoms with Crippen LogP contribution < -0.4 is 5.32 Å². The van der Waals surface area contributed by atoms with E-state index in [1.54, 1.807) is 37.3 Å². The highest BCUT2D eigenvalue weighted by molar-refractivity contribution is 5.94. The molecule has 0 spiro atoms. The van der Waals surface area contributed by atoms with Gasteiger partial charge < -0.3 is 19.9 Å². The lowest BCUT2D eigenvalue weighted by Crippen LogP contribution is -2.28. The van der Waals surface area contributed by atoms with Crippen LogP contribution in [0.15, 0.2) is 42.5 Å². The van der Waals surface area contributed by atoms with Gasteiger partial charge in [0.2, 0.25) is 0 Å². The Bertz CT molecular complexity index is 813. The van der Waals surface area contributed by atoms with Crippen LogP contribution >= 0.6 is 0 Å². The van der Waals surface area contributed by atoms with Crippen LogP contribution in [-0.2, 0) is 20.8 Å². The van der Waals surface area contributed by atoms with E-state index in [-0.39, 0.29) is 17.9 Å². The molecule has 0 atom stereocenters. The summed E-state index contributed by atoms with van der Waals surface area (Å²) in [6, 6.07) is 11.1. The number of rotatable bonds is 6. The van der Waals surface area contributed by atoms with Gasteiger partial charge in [-0.05, 0) is 42.3 Å². The maximum absolute atomic E-state index is 11.9. The topological polar surface area (TPSA) is 102 Å². The van der Waals surface area contributed by atoms with Crippen molar-refractivity contribution in [1.29, 1.82) is 0 Å². The maximum Gasteiger partial charge on any atom is 0.342 e. The Morgan fingerprint density at radius 2 is 1.73 bits per heavy atom. The quantitative estimate of drug-likeness (QED) is 0.766. The minimum absolute atomic E-state index is 0.00167. The molecule has 0 aromatic heterocycles. The molecule has 0 aliphatic rings. The van der Waals surface area contributed by atoms with Gasteiger partial charge in [-0.25, -0.2) is 9.59 Å². The largest absolute Gasteiger partial charge is 0.507 e. The number of aryl methyl sites for hydroxylation is 1. The van der Waals surface area contributed by atoms with Gasteiger partial charge in [0.1, 0.15) is 11.3 Å². The average Bonchev–Trinajstić information content (AvgIpc) is 2.64. The fraction of sp³-hybridized carbons (Fsp3) is 0.211. The zero-order valence-corrected chi connectivity index (χ0v) is 14.4. The summed E-state index contributed by atoms with van der Waals surface area (Å²) in [6.45, 7) is 1.53. The van der Waals surface area contributed by atoms with Crippen LogP contribution in [0.4, 0.5) is 0 Å². The molecule has 0 bridgehead atoms. The Morgan fingerprint density at radius 3 is 2.35 bits per heavy atom. The first-order chi connectivity index (χ1) is 12.4. The summed E-state index contributed by atoms with van der Waals surface area (Å²) in [6.07, 6.45) is 0. The molecule has 2 aromatic carbocycles. The molecule has 0 unspecified atom stereocenters. The standard InChI is InChI=1S/C19H19NO6/c1-12-3-8-15(16(21)9-12)19(24)26-11-17(22)20-10-13-4-6-14(7-5-13)18(23)25-2/h3-9,21H,10-11H2,1-2H3,(H,20,22). The van der Waals surface area contributed by atoms with Crippen molar-refractivity contribution in [2.24, 2.45) is 0 Å². The number of ether oxygens (including phenoxy) is 2. The summed E-state index contributed by atoms with van der Waals surface area (Å²) >= 11 is 0. The highest BCUT2D eigenvalue weighted by Gasteiger charge is 2.14. The second kappa shape index (κ2) is 8.66. The van der Waals surface area contributed by atoms with Gasteiger partial charge in [0.15, 0.2) is 6.61 Å². The summed E-state index contributed by atoms with van der Waals surface area (Å²) < 4.78 is 9.50. The van der Waals surface area contributed by atoms with E-state index in [0.29, 0.717) is 5.56 Å². The number of phenols is 1. The van der Waals surface area contributed by atoms with Crippen molar-refractivity contribution in [3.63, 3.8) is 0 Å². The van der Waals surface area contributed by atoms with Crippen LogP contribution in [0.3, 0.4) is 0 Å². The first-order valence-corrected chi connectivity index (χ1v) is 7.81. The van der Waals surface area contributed by atoms with Crippen LogP contribution in [-0.4, -0.2) is 36.7 Å². The molecular formula is C19H19NO6. The van der Waals surface area contributed by atoms with Gasteiger partial charge in [-0.1, -0.05) is 18.2 Å². The second-order valence-electron chi connectivity index (χ2n) is 5.56. The maximum atomic E-state index is 11.9. The molecule has 1 amide bonds. The Hall–Kier alpha value is -3.35. The first kappa shape index (κ1) is 19.0. The number of amides is 1. The molecule has 2 N–H and O–H groups in total. The number of hydrogen-bond acceptors (Lipinski definition) is 6. The van der Waals surface area contributed by atoms with Crippen molar-refractivity contribution in [1.82, 2.24) is 5.32 Å². The summed E-state index contributed by atoms with van der Waals surface area (Å²) in [5, 5.41) is 12.3. The van der Waals surface area contributed by atoms with E-state index in [2.05, 4.69) is 10.1 Å². The predicted molar refractivity (Wildman–Crippen MR) is 92.8 cm³/mol. The number of hydrogen-bond donors (Lipinski definition) is 2. The molecule has 0 aliphatic heterocycles. The minimum atomic E-state index is -0.778. The average molecular weight is 357 g/mol. The molecule has 0 saturated carbocycles. The van der Waals surface area contributed by atoms with Crippen molar-refractivity contribution >= 4 is 17.8 Å². The highest BCUT2D eigenvalue weighted by Crippen LogP contribution is 2.19. The van der Waals surface area contributed by atoms with Crippen molar-refractivity contribution in [3.05, 3.63) is 64.7 Å².